The van der Waals surface area contributed by atoms with E-state index in [0.29, 0.717) is 18.3 Å². The van der Waals surface area contributed by atoms with Crippen molar-refractivity contribution >= 4 is 17.4 Å². The highest BCUT2D eigenvalue weighted by Gasteiger charge is 2.52. The standard InChI is InChI=1S/C19H26N2O3/c1-5-6-11-24-17(23)16(22)13-7-8-15-14(12-13)19(2)9-10-20(3)18(19)21(15)4/h7-8,12,18H,5-6,9-11H2,1-4H3. The Balaban J connectivity index is 1.86. The SMILES string of the molecule is CCCCOC(=O)C(=O)c1ccc2c(c1)C1(C)CCN(C)C1N2C. The quantitative estimate of drug-likeness (QED) is 0.359. The number of carbonyl (C=O) groups is 2. The summed E-state index contributed by atoms with van der Waals surface area (Å²) >= 11 is 0. The lowest BCUT2D eigenvalue weighted by Gasteiger charge is -2.32. The van der Waals surface area contributed by atoms with Crippen molar-refractivity contribution in [3.05, 3.63) is 29.3 Å². The number of anilines is 1. The molecule has 1 aromatic carbocycles. The van der Waals surface area contributed by atoms with Crippen LogP contribution < -0.4 is 4.90 Å². The third-order valence-corrected chi connectivity index (χ3v) is 5.51. The van der Waals surface area contributed by atoms with Crippen LogP contribution in [0.3, 0.4) is 0 Å². The van der Waals surface area contributed by atoms with Gasteiger partial charge in [-0.1, -0.05) is 20.3 Å². The van der Waals surface area contributed by atoms with Gasteiger partial charge in [-0.15, -0.1) is 0 Å². The molecule has 2 aliphatic rings. The number of esters is 1. The number of carbonyl (C=O) groups excluding carboxylic acids is 2. The van der Waals surface area contributed by atoms with Gasteiger partial charge in [0, 0.05) is 30.3 Å². The number of fused-ring (bicyclic) bond motifs is 3. The monoisotopic (exact) mass is 330 g/mol. The van der Waals surface area contributed by atoms with Gasteiger partial charge in [-0.25, -0.2) is 4.79 Å². The number of rotatable bonds is 5. The molecule has 3 rings (SSSR count). The van der Waals surface area contributed by atoms with Gasteiger partial charge in [-0.05, 0) is 43.7 Å². The molecule has 0 N–H and O–H groups in total. The molecule has 1 saturated heterocycles. The summed E-state index contributed by atoms with van der Waals surface area (Å²) in [6, 6.07) is 5.59. The summed E-state index contributed by atoms with van der Waals surface area (Å²) in [6.07, 6.45) is 3.05. The third-order valence-electron chi connectivity index (χ3n) is 5.51. The maximum absolute atomic E-state index is 12.4. The molecule has 2 unspecified atom stereocenters. The van der Waals surface area contributed by atoms with E-state index in [2.05, 4.69) is 30.8 Å². The highest BCUT2D eigenvalue weighted by atomic mass is 16.5. The summed E-state index contributed by atoms with van der Waals surface area (Å²) in [6.45, 7) is 5.60. The van der Waals surface area contributed by atoms with Gasteiger partial charge in [-0.3, -0.25) is 9.69 Å². The number of hydrogen-bond donors (Lipinski definition) is 0. The zero-order valence-corrected chi connectivity index (χ0v) is 15.0. The van der Waals surface area contributed by atoms with Gasteiger partial charge < -0.3 is 9.64 Å². The van der Waals surface area contributed by atoms with Crippen molar-refractivity contribution in [3.8, 4) is 0 Å². The second-order valence-corrected chi connectivity index (χ2v) is 7.18. The first-order valence-corrected chi connectivity index (χ1v) is 8.69. The van der Waals surface area contributed by atoms with Gasteiger partial charge in [0.1, 0.15) is 0 Å². The highest BCUT2D eigenvalue weighted by molar-refractivity contribution is 6.40. The van der Waals surface area contributed by atoms with Gasteiger partial charge in [0.2, 0.25) is 0 Å². The second-order valence-electron chi connectivity index (χ2n) is 7.18. The summed E-state index contributed by atoms with van der Waals surface area (Å²) in [5.74, 6) is -1.30. The molecular weight excluding hydrogens is 304 g/mol. The van der Waals surface area contributed by atoms with E-state index in [1.165, 1.54) is 0 Å². The van der Waals surface area contributed by atoms with E-state index in [-0.39, 0.29) is 5.41 Å². The lowest BCUT2D eigenvalue weighted by Crippen LogP contribution is -2.45. The molecule has 130 valence electrons. The van der Waals surface area contributed by atoms with Crippen LogP contribution in [0, 0.1) is 0 Å². The van der Waals surface area contributed by atoms with Crippen LogP contribution in [0.25, 0.3) is 0 Å². The highest BCUT2D eigenvalue weighted by Crippen LogP contribution is 2.51. The summed E-state index contributed by atoms with van der Waals surface area (Å²) in [7, 11) is 4.23. The number of likely N-dealkylation sites (tertiary alicyclic amines) is 1. The molecule has 2 atom stereocenters. The van der Waals surface area contributed by atoms with Crippen LogP contribution in [-0.4, -0.2) is 50.1 Å². The van der Waals surface area contributed by atoms with Gasteiger partial charge in [0.25, 0.3) is 5.78 Å². The largest absolute Gasteiger partial charge is 0.460 e. The Kier molecular flexibility index (Phi) is 4.38. The molecule has 0 radical (unpaired) electrons. The Bertz CT molecular complexity index is 673. The molecule has 0 aromatic heterocycles. The third kappa shape index (κ3) is 2.51. The summed E-state index contributed by atoms with van der Waals surface area (Å²) in [5.41, 5.74) is 2.72. The maximum atomic E-state index is 12.4. The van der Waals surface area contributed by atoms with Gasteiger partial charge >= 0.3 is 5.97 Å². The normalized spacial score (nSPS) is 25.5. The first-order chi connectivity index (χ1) is 11.4. The number of likely N-dealkylation sites (N-methyl/N-ethyl adjacent to an activating group) is 2. The fourth-order valence-corrected chi connectivity index (χ4v) is 4.21. The van der Waals surface area contributed by atoms with Crippen molar-refractivity contribution in [3.63, 3.8) is 0 Å². The average molecular weight is 330 g/mol. The second kappa shape index (κ2) is 6.20. The fraction of sp³-hybridized carbons (Fsp3) is 0.579. The first kappa shape index (κ1) is 17.0. The van der Waals surface area contributed by atoms with E-state index < -0.39 is 11.8 Å². The van der Waals surface area contributed by atoms with E-state index in [9.17, 15) is 9.59 Å². The number of hydrogen-bond acceptors (Lipinski definition) is 5. The molecule has 0 aliphatic carbocycles. The predicted molar refractivity (Wildman–Crippen MR) is 93.4 cm³/mol. The minimum Gasteiger partial charge on any atom is -0.460 e. The van der Waals surface area contributed by atoms with Gasteiger partial charge in [0.15, 0.2) is 0 Å². The molecule has 0 saturated carbocycles. The molecule has 1 aromatic rings. The first-order valence-electron chi connectivity index (χ1n) is 8.69. The average Bonchev–Trinajstić information content (AvgIpc) is 2.99. The summed E-state index contributed by atoms with van der Waals surface area (Å²) in [5, 5.41) is 0. The van der Waals surface area contributed by atoms with Crippen molar-refractivity contribution in [1.82, 2.24) is 4.90 Å². The Labute approximate surface area is 143 Å². The lowest BCUT2D eigenvalue weighted by molar-refractivity contribution is -0.138. The van der Waals surface area contributed by atoms with Crippen molar-refractivity contribution in [2.45, 2.75) is 44.7 Å². The van der Waals surface area contributed by atoms with Gasteiger partial charge in [-0.2, -0.15) is 0 Å². The lowest BCUT2D eigenvalue weighted by atomic mass is 9.80. The Morgan fingerprint density at radius 1 is 1.33 bits per heavy atom. The molecule has 0 bridgehead atoms. The van der Waals surface area contributed by atoms with E-state index in [1.807, 2.05) is 19.1 Å². The molecular formula is C19H26N2O3. The summed E-state index contributed by atoms with van der Waals surface area (Å²) < 4.78 is 5.06. The molecule has 5 heteroatoms. The number of ketones is 1. The Hall–Kier alpha value is -1.88. The van der Waals surface area contributed by atoms with E-state index >= 15 is 0 Å². The number of unbranched alkanes of at least 4 members (excludes halogenated alkanes) is 1. The molecule has 1 fully saturated rings. The smallest absolute Gasteiger partial charge is 0.379 e. The van der Waals surface area contributed by atoms with Crippen molar-refractivity contribution in [2.24, 2.45) is 0 Å². The van der Waals surface area contributed by atoms with Crippen molar-refractivity contribution in [1.29, 1.82) is 0 Å². The van der Waals surface area contributed by atoms with E-state index in [4.69, 9.17) is 4.74 Å². The van der Waals surface area contributed by atoms with Crippen LogP contribution in [0.1, 0.15) is 49.0 Å². The minimum absolute atomic E-state index is 0.0127. The maximum Gasteiger partial charge on any atom is 0.379 e. The van der Waals surface area contributed by atoms with Crippen molar-refractivity contribution < 1.29 is 14.3 Å². The number of nitrogens with zero attached hydrogens (tertiary/aromatic N) is 2. The van der Waals surface area contributed by atoms with E-state index in [1.54, 1.807) is 6.07 Å². The van der Waals surface area contributed by atoms with Crippen LogP contribution >= 0.6 is 0 Å². The molecule has 2 aliphatic heterocycles. The van der Waals surface area contributed by atoms with Crippen LogP contribution in [0.15, 0.2) is 18.2 Å². The van der Waals surface area contributed by atoms with E-state index in [0.717, 1.165) is 37.1 Å². The Morgan fingerprint density at radius 3 is 2.79 bits per heavy atom. The predicted octanol–water partition coefficient (Wildman–Crippen LogP) is 2.58. The number of Topliss-reactive ketones (excluding diaryl/α,β-unsaturated/α-hetero) is 1. The summed E-state index contributed by atoms with van der Waals surface area (Å²) in [4.78, 5) is 29.0. The molecule has 24 heavy (non-hydrogen) atoms. The van der Waals surface area contributed by atoms with Gasteiger partial charge in [0.05, 0.1) is 12.8 Å². The zero-order chi connectivity index (χ0) is 17.5. The fourth-order valence-electron chi connectivity index (χ4n) is 4.21. The zero-order valence-electron chi connectivity index (χ0n) is 15.0. The van der Waals surface area contributed by atoms with Crippen LogP contribution in [0.5, 0.6) is 0 Å². The number of benzene rings is 1. The van der Waals surface area contributed by atoms with Crippen molar-refractivity contribution in [2.75, 3.05) is 32.1 Å². The number of ether oxygens (including phenoxy) is 1. The molecule has 5 nitrogen and oxygen atoms in total. The Morgan fingerprint density at radius 2 is 2.08 bits per heavy atom. The van der Waals surface area contributed by atoms with Crippen LogP contribution in [0.2, 0.25) is 0 Å². The molecule has 0 amide bonds. The topological polar surface area (TPSA) is 49.9 Å². The minimum atomic E-state index is -0.750. The van der Waals surface area contributed by atoms with Crippen LogP contribution in [-0.2, 0) is 14.9 Å². The molecule has 2 heterocycles. The van der Waals surface area contributed by atoms with Crippen LogP contribution in [0.4, 0.5) is 5.69 Å². The molecule has 0 spiro atoms.